The van der Waals surface area contributed by atoms with Crippen LogP contribution in [0, 0.1) is 0 Å². The molecule has 0 spiro atoms. The molecule has 4 N–H and O–H groups in total. The van der Waals surface area contributed by atoms with Crippen molar-refractivity contribution in [3.63, 3.8) is 0 Å². The van der Waals surface area contributed by atoms with E-state index in [1.807, 2.05) is 12.1 Å². The number of halogens is 2. The molecule has 0 bridgehead atoms. The second-order valence-corrected chi connectivity index (χ2v) is 6.29. The molecule has 3 aromatic rings. The van der Waals surface area contributed by atoms with E-state index in [0.717, 1.165) is 30.8 Å². The van der Waals surface area contributed by atoms with Gasteiger partial charge in [-0.2, -0.15) is 0 Å². The fourth-order valence-electron chi connectivity index (χ4n) is 2.69. The predicted molar refractivity (Wildman–Crippen MR) is 92.6 cm³/mol. The Labute approximate surface area is 134 Å². The SMILES string of the molecule is NCc1ccc2c(Br)c3ccccc3c(Br)c2c1CN. The Balaban J connectivity index is 2.59. The minimum atomic E-state index is 0.479. The lowest BCUT2D eigenvalue weighted by Gasteiger charge is -2.15. The molecule has 0 saturated carbocycles. The molecule has 0 aromatic heterocycles. The first-order chi connectivity index (χ1) is 9.69. The molecule has 3 aromatic carbocycles. The van der Waals surface area contributed by atoms with Crippen molar-refractivity contribution in [1.29, 1.82) is 0 Å². The molecule has 2 nitrogen and oxygen atoms in total. The van der Waals surface area contributed by atoms with E-state index in [-0.39, 0.29) is 0 Å². The summed E-state index contributed by atoms with van der Waals surface area (Å²) >= 11 is 7.49. The number of nitrogens with two attached hydrogens (primary N) is 2. The summed E-state index contributed by atoms with van der Waals surface area (Å²) in [6.07, 6.45) is 0. The van der Waals surface area contributed by atoms with Crippen molar-refractivity contribution in [3.8, 4) is 0 Å². The highest BCUT2D eigenvalue weighted by atomic mass is 79.9. The van der Waals surface area contributed by atoms with Crippen LogP contribution in [0.2, 0.25) is 0 Å². The van der Waals surface area contributed by atoms with Gasteiger partial charge in [-0.1, -0.05) is 36.4 Å². The number of hydrogen-bond donors (Lipinski definition) is 2. The first-order valence-corrected chi connectivity index (χ1v) is 7.98. The van der Waals surface area contributed by atoms with Crippen LogP contribution in [-0.4, -0.2) is 0 Å². The van der Waals surface area contributed by atoms with Gasteiger partial charge in [0.25, 0.3) is 0 Å². The van der Waals surface area contributed by atoms with Crippen LogP contribution in [0.4, 0.5) is 0 Å². The Kier molecular flexibility index (Phi) is 3.82. The van der Waals surface area contributed by atoms with Gasteiger partial charge in [-0.15, -0.1) is 0 Å². The van der Waals surface area contributed by atoms with Gasteiger partial charge in [-0.25, -0.2) is 0 Å². The van der Waals surface area contributed by atoms with Crippen LogP contribution in [0.1, 0.15) is 11.1 Å². The summed E-state index contributed by atoms with van der Waals surface area (Å²) in [5.74, 6) is 0. The summed E-state index contributed by atoms with van der Waals surface area (Å²) in [6.45, 7) is 0.979. The van der Waals surface area contributed by atoms with Gasteiger partial charge in [-0.05, 0) is 59.1 Å². The zero-order chi connectivity index (χ0) is 14.3. The number of fused-ring (bicyclic) bond motifs is 2. The van der Waals surface area contributed by atoms with Crippen LogP contribution in [0.25, 0.3) is 21.5 Å². The van der Waals surface area contributed by atoms with Crippen molar-refractivity contribution in [2.24, 2.45) is 11.5 Å². The van der Waals surface area contributed by atoms with E-state index >= 15 is 0 Å². The molecule has 0 radical (unpaired) electrons. The minimum Gasteiger partial charge on any atom is -0.326 e. The molecular formula is C16H14Br2N2. The quantitative estimate of drug-likeness (QED) is 0.632. The first kappa shape index (κ1) is 14.0. The van der Waals surface area contributed by atoms with Gasteiger partial charge in [0, 0.05) is 27.4 Å². The molecule has 20 heavy (non-hydrogen) atoms. The Bertz CT molecular complexity index is 813. The molecule has 0 unspecified atom stereocenters. The van der Waals surface area contributed by atoms with E-state index < -0.39 is 0 Å². The Hall–Kier alpha value is -0.940. The highest BCUT2D eigenvalue weighted by Crippen LogP contribution is 2.41. The van der Waals surface area contributed by atoms with E-state index in [9.17, 15) is 0 Å². The van der Waals surface area contributed by atoms with Crippen molar-refractivity contribution < 1.29 is 0 Å². The predicted octanol–water partition coefficient (Wildman–Crippen LogP) is 4.44. The molecule has 0 aliphatic carbocycles. The van der Waals surface area contributed by atoms with Gasteiger partial charge >= 0.3 is 0 Å². The normalized spacial score (nSPS) is 11.4. The van der Waals surface area contributed by atoms with Gasteiger partial charge in [0.05, 0.1) is 0 Å². The smallest absolute Gasteiger partial charge is 0.0336 e. The van der Waals surface area contributed by atoms with Gasteiger partial charge in [0.15, 0.2) is 0 Å². The topological polar surface area (TPSA) is 52.0 Å². The lowest BCUT2D eigenvalue weighted by atomic mass is 9.96. The summed E-state index contributed by atoms with van der Waals surface area (Å²) in [7, 11) is 0. The van der Waals surface area contributed by atoms with Crippen molar-refractivity contribution in [3.05, 3.63) is 56.5 Å². The largest absolute Gasteiger partial charge is 0.326 e. The third kappa shape index (κ3) is 1.99. The van der Waals surface area contributed by atoms with Crippen LogP contribution in [-0.2, 0) is 13.1 Å². The molecule has 0 aliphatic rings. The van der Waals surface area contributed by atoms with Crippen molar-refractivity contribution in [2.45, 2.75) is 13.1 Å². The molecule has 0 amide bonds. The first-order valence-electron chi connectivity index (χ1n) is 6.39. The third-order valence-corrected chi connectivity index (χ3v) is 5.37. The van der Waals surface area contributed by atoms with Crippen LogP contribution in [0.5, 0.6) is 0 Å². The summed E-state index contributed by atoms with van der Waals surface area (Å²) in [6, 6.07) is 12.5. The molecule has 0 saturated heterocycles. The monoisotopic (exact) mass is 392 g/mol. The van der Waals surface area contributed by atoms with Crippen molar-refractivity contribution in [1.82, 2.24) is 0 Å². The summed E-state index contributed by atoms with van der Waals surface area (Å²) < 4.78 is 2.19. The maximum absolute atomic E-state index is 5.96. The Morgan fingerprint density at radius 3 is 2.00 bits per heavy atom. The zero-order valence-corrected chi connectivity index (χ0v) is 14.0. The molecule has 0 fully saturated rings. The zero-order valence-electron chi connectivity index (χ0n) is 10.8. The summed E-state index contributed by atoms with van der Waals surface area (Å²) in [5, 5.41) is 4.68. The standard InChI is InChI=1S/C16H14Br2N2/c17-15-10-3-1-2-4-11(10)16(18)14-12(15)6-5-9(7-19)13(14)8-20/h1-6H,7-8,19-20H2. The van der Waals surface area contributed by atoms with Crippen LogP contribution < -0.4 is 11.5 Å². The molecule has 4 heteroatoms. The van der Waals surface area contributed by atoms with Gasteiger partial charge in [0.2, 0.25) is 0 Å². The maximum atomic E-state index is 5.96. The number of rotatable bonds is 2. The third-order valence-electron chi connectivity index (χ3n) is 3.69. The van der Waals surface area contributed by atoms with E-state index in [1.165, 1.54) is 10.8 Å². The summed E-state index contributed by atoms with van der Waals surface area (Å²) in [4.78, 5) is 0. The van der Waals surface area contributed by atoms with E-state index in [2.05, 4.69) is 56.1 Å². The van der Waals surface area contributed by atoms with E-state index in [4.69, 9.17) is 11.5 Å². The lowest BCUT2D eigenvalue weighted by molar-refractivity contribution is 0.991. The minimum absolute atomic E-state index is 0.479. The van der Waals surface area contributed by atoms with Crippen LogP contribution in [0.3, 0.4) is 0 Å². The Morgan fingerprint density at radius 1 is 0.750 bits per heavy atom. The van der Waals surface area contributed by atoms with Crippen LogP contribution >= 0.6 is 31.9 Å². The highest BCUT2D eigenvalue weighted by molar-refractivity contribution is 9.11. The van der Waals surface area contributed by atoms with Gasteiger partial charge in [-0.3, -0.25) is 0 Å². The summed E-state index contributed by atoms with van der Waals surface area (Å²) in [5.41, 5.74) is 14.0. The molecule has 0 heterocycles. The second-order valence-electron chi connectivity index (χ2n) is 4.71. The van der Waals surface area contributed by atoms with Crippen molar-refractivity contribution >= 4 is 53.4 Å². The number of benzene rings is 3. The highest BCUT2D eigenvalue weighted by Gasteiger charge is 2.15. The average Bonchev–Trinajstić information content (AvgIpc) is 2.51. The molecule has 102 valence electrons. The molecule has 0 atom stereocenters. The number of hydrogen-bond acceptors (Lipinski definition) is 2. The molecule has 0 aliphatic heterocycles. The Morgan fingerprint density at radius 2 is 1.40 bits per heavy atom. The molecule has 3 rings (SSSR count). The fraction of sp³-hybridized carbons (Fsp3) is 0.125. The fourth-order valence-corrected chi connectivity index (χ4v) is 4.17. The lowest BCUT2D eigenvalue weighted by Crippen LogP contribution is -2.07. The van der Waals surface area contributed by atoms with Crippen molar-refractivity contribution in [2.75, 3.05) is 0 Å². The van der Waals surface area contributed by atoms with E-state index in [1.54, 1.807) is 0 Å². The molecular weight excluding hydrogens is 380 g/mol. The average molecular weight is 394 g/mol. The van der Waals surface area contributed by atoms with Gasteiger partial charge < -0.3 is 11.5 Å². The van der Waals surface area contributed by atoms with E-state index in [0.29, 0.717) is 13.1 Å². The maximum Gasteiger partial charge on any atom is 0.0336 e. The van der Waals surface area contributed by atoms with Crippen LogP contribution in [0.15, 0.2) is 45.3 Å². The van der Waals surface area contributed by atoms with Gasteiger partial charge in [0.1, 0.15) is 0 Å². The second kappa shape index (κ2) is 5.45.